The largest absolute Gasteiger partial charge is 0.506 e. The quantitative estimate of drug-likeness (QED) is 0.299. The SMILES string of the molecule is O=C(CNc1ccc(Cl)cc1)N/N=C/c1cc(I)c(O)c(I)c1. The molecule has 0 aliphatic rings. The van der Waals surface area contributed by atoms with E-state index in [1.807, 2.05) is 45.2 Å². The number of halogens is 3. The van der Waals surface area contributed by atoms with Crippen molar-refractivity contribution >= 4 is 74.6 Å². The molecule has 0 aromatic heterocycles. The Morgan fingerprint density at radius 2 is 1.83 bits per heavy atom. The number of amides is 1. The fraction of sp³-hybridized carbons (Fsp3) is 0.0667. The minimum Gasteiger partial charge on any atom is -0.506 e. The summed E-state index contributed by atoms with van der Waals surface area (Å²) in [5.41, 5.74) is 4.04. The van der Waals surface area contributed by atoms with Gasteiger partial charge < -0.3 is 10.4 Å². The lowest BCUT2D eigenvalue weighted by molar-refractivity contribution is -0.119. The van der Waals surface area contributed by atoms with Crippen LogP contribution in [0.1, 0.15) is 5.56 Å². The predicted molar refractivity (Wildman–Crippen MR) is 109 cm³/mol. The number of nitrogens with one attached hydrogen (secondary N) is 2. The first kappa shape index (κ1) is 18.3. The molecule has 0 atom stereocenters. The molecule has 0 fully saturated rings. The smallest absolute Gasteiger partial charge is 0.259 e. The zero-order valence-electron chi connectivity index (χ0n) is 11.7. The Labute approximate surface area is 165 Å². The molecule has 0 unspecified atom stereocenters. The summed E-state index contributed by atoms with van der Waals surface area (Å²) in [6, 6.07) is 10.6. The molecule has 2 aromatic carbocycles. The Hall–Kier alpha value is -1.07. The van der Waals surface area contributed by atoms with Crippen LogP contribution in [0.3, 0.4) is 0 Å². The van der Waals surface area contributed by atoms with E-state index in [9.17, 15) is 9.90 Å². The number of anilines is 1. The number of hydrazone groups is 1. The van der Waals surface area contributed by atoms with Crippen LogP contribution in [0.25, 0.3) is 0 Å². The van der Waals surface area contributed by atoms with Crippen LogP contribution in [-0.4, -0.2) is 23.8 Å². The van der Waals surface area contributed by atoms with Gasteiger partial charge in [-0.1, -0.05) is 11.6 Å². The van der Waals surface area contributed by atoms with Crippen molar-refractivity contribution in [3.63, 3.8) is 0 Å². The van der Waals surface area contributed by atoms with E-state index in [0.29, 0.717) is 5.02 Å². The maximum absolute atomic E-state index is 11.7. The zero-order valence-corrected chi connectivity index (χ0v) is 16.8. The Balaban J connectivity index is 1.85. The third-order valence-corrected chi connectivity index (χ3v) is 4.64. The second kappa shape index (κ2) is 8.69. The van der Waals surface area contributed by atoms with Crippen molar-refractivity contribution in [1.29, 1.82) is 0 Å². The number of aromatic hydroxyl groups is 1. The number of nitrogens with zero attached hydrogens (tertiary/aromatic N) is 1. The van der Waals surface area contributed by atoms with Gasteiger partial charge in [0.05, 0.1) is 19.9 Å². The first-order valence-electron chi connectivity index (χ1n) is 6.45. The van der Waals surface area contributed by atoms with E-state index >= 15 is 0 Å². The normalized spacial score (nSPS) is 10.7. The molecule has 0 bridgehead atoms. The van der Waals surface area contributed by atoms with Crippen molar-refractivity contribution in [2.45, 2.75) is 0 Å². The fourth-order valence-electron chi connectivity index (χ4n) is 1.63. The highest BCUT2D eigenvalue weighted by Gasteiger charge is 2.04. The van der Waals surface area contributed by atoms with Crippen LogP contribution >= 0.6 is 56.8 Å². The molecule has 1 amide bonds. The second-order valence-electron chi connectivity index (χ2n) is 4.49. The van der Waals surface area contributed by atoms with Gasteiger partial charge in [0, 0.05) is 10.7 Å². The molecular weight excluding hydrogens is 543 g/mol. The van der Waals surface area contributed by atoms with Crippen molar-refractivity contribution < 1.29 is 9.90 Å². The van der Waals surface area contributed by atoms with E-state index < -0.39 is 0 Å². The van der Waals surface area contributed by atoms with Gasteiger partial charge in [-0.25, -0.2) is 5.43 Å². The lowest BCUT2D eigenvalue weighted by Crippen LogP contribution is -2.25. The standard InChI is InChI=1S/C15H12ClI2N3O2/c16-10-1-3-11(4-2-10)19-8-14(22)21-20-7-9-5-12(17)15(23)13(18)6-9/h1-7,19,23H,8H2,(H,21,22)/b20-7+. The van der Waals surface area contributed by atoms with Gasteiger partial charge in [0.1, 0.15) is 5.75 Å². The van der Waals surface area contributed by atoms with Gasteiger partial charge >= 0.3 is 0 Å². The number of phenols is 1. The summed E-state index contributed by atoms with van der Waals surface area (Å²) in [5.74, 6) is -0.0149. The molecule has 0 aliphatic heterocycles. The topological polar surface area (TPSA) is 73.7 Å². The molecule has 0 radical (unpaired) electrons. The van der Waals surface area contributed by atoms with Crippen molar-refractivity contribution in [1.82, 2.24) is 5.43 Å². The molecule has 0 aliphatic carbocycles. The molecule has 0 heterocycles. The summed E-state index contributed by atoms with van der Waals surface area (Å²) >= 11 is 9.87. The van der Waals surface area contributed by atoms with Gasteiger partial charge in [-0.05, 0) is 87.1 Å². The molecule has 120 valence electrons. The lowest BCUT2D eigenvalue weighted by Gasteiger charge is -2.05. The lowest BCUT2D eigenvalue weighted by atomic mass is 10.2. The molecule has 23 heavy (non-hydrogen) atoms. The summed E-state index contributed by atoms with van der Waals surface area (Å²) in [6.45, 7) is 0.101. The minimum atomic E-state index is -0.264. The van der Waals surface area contributed by atoms with E-state index in [1.54, 1.807) is 36.4 Å². The van der Waals surface area contributed by atoms with Crippen LogP contribution in [0.4, 0.5) is 5.69 Å². The Bertz CT molecular complexity index is 713. The molecule has 0 saturated carbocycles. The summed E-state index contributed by atoms with van der Waals surface area (Å²) in [6.07, 6.45) is 1.53. The molecule has 8 heteroatoms. The number of phenolic OH excluding ortho intramolecular Hbond substituents is 1. The van der Waals surface area contributed by atoms with E-state index in [2.05, 4.69) is 15.8 Å². The van der Waals surface area contributed by atoms with Gasteiger partial charge in [-0.3, -0.25) is 4.79 Å². The highest BCUT2D eigenvalue weighted by molar-refractivity contribution is 14.1. The average Bonchev–Trinajstić information content (AvgIpc) is 2.52. The molecule has 0 saturated heterocycles. The van der Waals surface area contributed by atoms with Gasteiger partial charge in [-0.2, -0.15) is 5.10 Å². The van der Waals surface area contributed by atoms with Crippen molar-refractivity contribution in [2.75, 3.05) is 11.9 Å². The van der Waals surface area contributed by atoms with Crippen LogP contribution in [0, 0.1) is 7.14 Å². The Kier molecular flexibility index (Phi) is 6.90. The molecule has 2 rings (SSSR count). The first-order chi connectivity index (χ1) is 11.0. The van der Waals surface area contributed by atoms with E-state index in [0.717, 1.165) is 18.4 Å². The van der Waals surface area contributed by atoms with E-state index in [4.69, 9.17) is 11.6 Å². The van der Waals surface area contributed by atoms with Crippen LogP contribution in [-0.2, 0) is 4.79 Å². The fourth-order valence-corrected chi connectivity index (χ4v) is 3.57. The maximum Gasteiger partial charge on any atom is 0.259 e. The predicted octanol–water partition coefficient (Wildman–Crippen LogP) is 3.82. The minimum absolute atomic E-state index is 0.101. The molecular formula is C15H12ClI2N3O2. The third-order valence-electron chi connectivity index (χ3n) is 2.74. The van der Waals surface area contributed by atoms with Crippen LogP contribution in [0.2, 0.25) is 5.02 Å². The summed E-state index contributed by atoms with van der Waals surface area (Å²) in [5, 5.41) is 17.2. The van der Waals surface area contributed by atoms with Crippen LogP contribution in [0.5, 0.6) is 5.75 Å². The highest BCUT2D eigenvalue weighted by atomic mass is 127. The number of rotatable bonds is 5. The van der Waals surface area contributed by atoms with E-state index in [1.165, 1.54) is 6.21 Å². The summed E-state index contributed by atoms with van der Waals surface area (Å²) < 4.78 is 1.46. The monoisotopic (exact) mass is 555 g/mol. The number of carbonyl (C=O) groups excluding carboxylic acids is 1. The zero-order chi connectivity index (χ0) is 16.8. The van der Waals surface area contributed by atoms with Gasteiger partial charge in [-0.15, -0.1) is 0 Å². The summed E-state index contributed by atoms with van der Waals surface area (Å²) in [7, 11) is 0. The Morgan fingerprint density at radius 3 is 2.43 bits per heavy atom. The third kappa shape index (κ3) is 5.81. The van der Waals surface area contributed by atoms with Crippen molar-refractivity contribution in [3.05, 3.63) is 54.1 Å². The second-order valence-corrected chi connectivity index (χ2v) is 7.25. The summed E-state index contributed by atoms with van der Waals surface area (Å²) in [4.78, 5) is 11.7. The van der Waals surface area contributed by atoms with Gasteiger partial charge in [0.25, 0.3) is 5.91 Å². The maximum atomic E-state index is 11.7. The average molecular weight is 556 g/mol. The number of benzene rings is 2. The number of hydrogen-bond donors (Lipinski definition) is 3. The van der Waals surface area contributed by atoms with Crippen LogP contribution < -0.4 is 10.7 Å². The number of hydrogen-bond acceptors (Lipinski definition) is 4. The molecule has 3 N–H and O–H groups in total. The molecule has 2 aromatic rings. The molecule has 0 spiro atoms. The highest BCUT2D eigenvalue weighted by Crippen LogP contribution is 2.26. The number of carbonyl (C=O) groups is 1. The Morgan fingerprint density at radius 1 is 1.22 bits per heavy atom. The molecule has 5 nitrogen and oxygen atoms in total. The van der Waals surface area contributed by atoms with E-state index in [-0.39, 0.29) is 18.2 Å². The van der Waals surface area contributed by atoms with Gasteiger partial charge in [0.15, 0.2) is 0 Å². The first-order valence-corrected chi connectivity index (χ1v) is 8.98. The van der Waals surface area contributed by atoms with Crippen LogP contribution in [0.15, 0.2) is 41.5 Å². The van der Waals surface area contributed by atoms with Crippen molar-refractivity contribution in [3.8, 4) is 5.75 Å². The van der Waals surface area contributed by atoms with Gasteiger partial charge in [0.2, 0.25) is 0 Å². The van der Waals surface area contributed by atoms with Crippen molar-refractivity contribution in [2.24, 2.45) is 5.10 Å².